The number of hydrogen-bond acceptors (Lipinski definition) is 3. The molecule has 0 bridgehead atoms. The monoisotopic (exact) mass is 295 g/mol. The Kier molecular flexibility index (Phi) is 4.60. The van der Waals surface area contributed by atoms with E-state index in [4.69, 9.17) is 0 Å². The predicted molar refractivity (Wildman–Crippen MR) is 79.2 cm³/mol. The lowest BCUT2D eigenvalue weighted by molar-refractivity contribution is 0.0157. The van der Waals surface area contributed by atoms with Crippen molar-refractivity contribution in [3.05, 3.63) is 29.8 Å². The van der Waals surface area contributed by atoms with Crippen LogP contribution in [0.15, 0.2) is 29.2 Å². The highest BCUT2D eigenvalue weighted by molar-refractivity contribution is 7.84. The maximum atomic E-state index is 12.3. The van der Waals surface area contributed by atoms with E-state index in [1.165, 1.54) is 0 Å². The van der Waals surface area contributed by atoms with Crippen LogP contribution in [0.2, 0.25) is 0 Å². The van der Waals surface area contributed by atoms with Crippen LogP contribution in [0, 0.1) is 0 Å². The fourth-order valence-electron chi connectivity index (χ4n) is 2.71. The van der Waals surface area contributed by atoms with Gasteiger partial charge in [0.1, 0.15) is 0 Å². The molecule has 0 aliphatic heterocycles. The van der Waals surface area contributed by atoms with Crippen LogP contribution >= 0.6 is 0 Å². The average Bonchev–Trinajstić information content (AvgIpc) is 2.84. The predicted octanol–water partition coefficient (Wildman–Crippen LogP) is 1.80. The first kappa shape index (κ1) is 15.2. The molecule has 1 amide bonds. The van der Waals surface area contributed by atoms with Crippen molar-refractivity contribution >= 4 is 16.7 Å². The molecule has 1 unspecified atom stereocenters. The van der Waals surface area contributed by atoms with Crippen LogP contribution in [0.5, 0.6) is 0 Å². The Morgan fingerprint density at radius 2 is 1.85 bits per heavy atom. The van der Waals surface area contributed by atoms with Crippen molar-refractivity contribution in [2.75, 3.05) is 19.8 Å². The first-order valence-corrected chi connectivity index (χ1v) is 8.38. The van der Waals surface area contributed by atoms with Crippen molar-refractivity contribution in [2.45, 2.75) is 36.2 Å². The van der Waals surface area contributed by atoms with Crippen LogP contribution in [0.3, 0.4) is 0 Å². The molecule has 1 aromatic rings. The third kappa shape index (κ3) is 3.46. The number of benzene rings is 1. The minimum Gasteiger partial charge on any atom is -0.388 e. The number of likely N-dealkylation sites (N-methyl/N-ethyl adjacent to an activating group) is 1. The summed E-state index contributed by atoms with van der Waals surface area (Å²) < 4.78 is 11.3. The van der Waals surface area contributed by atoms with Gasteiger partial charge in [0.15, 0.2) is 0 Å². The summed E-state index contributed by atoms with van der Waals surface area (Å²) in [6.45, 7) is 0.368. The van der Waals surface area contributed by atoms with Crippen molar-refractivity contribution in [3.63, 3.8) is 0 Å². The van der Waals surface area contributed by atoms with Gasteiger partial charge in [-0.05, 0) is 37.1 Å². The smallest absolute Gasteiger partial charge is 0.253 e. The Hall–Kier alpha value is -1.20. The van der Waals surface area contributed by atoms with Crippen molar-refractivity contribution in [1.29, 1.82) is 0 Å². The van der Waals surface area contributed by atoms with E-state index in [0.29, 0.717) is 17.0 Å². The molecule has 4 nitrogen and oxygen atoms in total. The zero-order valence-electron chi connectivity index (χ0n) is 12.0. The van der Waals surface area contributed by atoms with E-state index in [1.807, 2.05) is 0 Å². The molecule has 1 saturated carbocycles. The molecule has 0 saturated heterocycles. The summed E-state index contributed by atoms with van der Waals surface area (Å²) >= 11 is 0. The van der Waals surface area contributed by atoms with Crippen LogP contribution < -0.4 is 0 Å². The molecule has 20 heavy (non-hydrogen) atoms. The molecule has 1 aliphatic carbocycles. The third-order valence-corrected chi connectivity index (χ3v) is 4.78. The highest BCUT2D eigenvalue weighted by Crippen LogP contribution is 2.30. The second-order valence-electron chi connectivity index (χ2n) is 5.57. The Balaban J connectivity index is 2.04. The SMILES string of the molecule is CN(CC1(O)CCCC1)C(=O)c1ccc(S(C)=O)cc1. The maximum absolute atomic E-state index is 12.3. The molecular weight excluding hydrogens is 274 g/mol. The van der Waals surface area contributed by atoms with Crippen LogP contribution in [-0.4, -0.2) is 45.6 Å². The number of hydrogen-bond donors (Lipinski definition) is 1. The lowest BCUT2D eigenvalue weighted by Crippen LogP contribution is -2.42. The fourth-order valence-corrected chi connectivity index (χ4v) is 3.23. The molecule has 0 radical (unpaired) electrons. The van der Waals surface area contributed by atoms with Crippen molar-refractivity contribution in [3.8, 4) is 0 Å². The summed E-state index contributed by atoms with van der Waals surface area (Å²) in [5, 5.41) is 10.3. The van der Waals surface area contributed by atoms with Gasteiger partial charge in [-0.2, -0.15) is 0 Å². The summed E-state index contributed by atoms with van der Waals surface area (Å²) in [7, 11) is 0.676. The summed E-state index contributed by atoms with van der Waals surface area (Å²) in [6, 6.07) is 6.80. The van der Waals surface area contributed by atoms with E-state index in [9.17, 15) is 14.1 Å². The largest absolute Gasteiger partial charge is 0.388 e. The van der Waals surface area contributed by atoms with E-state index in [1.54, 1.807) is 42.5 Å². The van der Waals surface area contributed by atoms with Gasteiger partial charge in [0.25, 0.3) is 5.91 Å². The molecular formula is C15H21NO3S. The second kappa shape index (κ2) is 6.06. The molecule has 1 N–H and O–H groups in total. The third-order valence-electron chi connectivity index (χ3n) is 3.85. The number of carbonyl (C=O) groups is 1. The molecule has 1 atom stereocenters. The van der Waals surface area contributed by atoms with Crippen LogP contribution in [-0.2, 0) is 10.8 Å². The van der Waals surface area contributed by atoms with E-state index < -0.39 is 16.4 Å². The molecule has 1 aromatic carbocycles. The van der Waals surface area contributed by atoms with Crippen molar-refractivity contribution in [1.82, 2.24) is 4.90 Å². The first-order chi connectivity index (χ1) is 9.41. The lowest BCUT2D eigenvalue weighted by atomic mass is 10.0. The van der Waals surface area contributed by atoms with Crippen LogP contribution in [0.25, 0.3) is 0 Å². The van der Waals surface area contributed by atoms with Crippen molar-refractivity contribution in [2.24, 2.45) is 0 Å². The van der Waals surface area contributed by atoms with Crippen molar-refractivity contribution < 1.29 is 14.1 Å². The Bertz CT molecular complexity index is 506. The zero-order valence-corrected chi connectivity index (χ0v) is 12.8. The maximum Gasteiger partial charge on any atom is 0.253 e. The van der Waals surface area contributed by atoms with Gasteiger partial charge in [0.05, 0.1) is 5.60 Å². The van der Waals surface area contributed by atoms with Crippen LogP contribution in [0.4, 0.5) is 0 Å². The minimum atomic E-state index is -1.04. The van der Waals surface area contributed by atoms with Gasteiger partial charge in [-0.15, -0.1) is 0 Å². The van der Waals surface area contributed by atoms with Crippen LogP contribution in [0.1, 0.15) is 36.0 Å². The summed E-state index contributed by atoms with van der Waals surface area (Å²) in [5.74, 6) is -0.112. The number of rotatable bonds is 4. The number of amides is 1. The highest BCUT2D eigenvalue weighted by Gasteiger charge is 2.33. The normalized spacial score (nSPS) is 18.8. The van der Waals surface area contributed by atoms with Gasteiger partial charge in [-0.1, -0.05) is 12.8 Å². The summed E-state index contributed by atoms with van der Waals surface area (Å²) in [6.07, 6.45) is 5.18. The molecule has 2 rings (SSSR count). The number of carbonyl (C=O) groups excluding carboxylic acids is 1. The Morgan fingerprint density at radius 3 is 2.35 bits per heavy atom. The van der Waals surface area contributed by atoms with Gasteiger partial charge in [0, 0.05) is 41.1 Å². The minimum absolute atomic E-state index is 0.112. The van der Waals surface area contributed by atoms with E-state index in [2.05, 4.69) is 0 Å². The molecule has 0 heterocycles. The number of aliphatic hydroxyl groups is 1. The highest BCUT2D eigenvalue weighted by atomic mass is 32.2. The molecule has 1 aliphatic rings. The topological polar surface area (TPSA) is 57.6 Å². The average molecular weight is 295 g/mol. The number of nitrogens with zero attached hydrogens (tertiary/aromatic N) is 1. The zero-order chi connectivity index (χ0) is 14.8. The Labute approximate surface area is 122 Å². The summed E-state index contributed by atoms with van der Waals surface area (Å²) in [5.41, 5.74) is -0.168. The molecule has 0 aromatic heterocycles. The van der Waals surface area contributed by atoms with E-state index >= 15 is 0 Å². The fraction of sp³-hybridized carbons (Fsp3) is 0.533. The van der Waals surface area contributed by atoms with Gasteiger partial charge in [-0.25, -0.2) is 0 Å². The molecule has 0 spiro atoms. The Morgan fingerprint density at radius 1 is 1.30 bits per heavy atom. The van der Waals surface area contributed by atoms with E-state index in [0.717, 1.165) is 25.7 Å². The standard InChI is InChI=1S/C15H21NO3S/c1-16(11-15(18)9-3-4-10-15)14(17)12-5-7-13(8-6-12)20(2)19/h5-8,18H,3-4,9-11H2,1-2H3. The van der Waals surface area contributed by atoms with Gasteiger partial charge in [0.2, 0.25) is 0 Å². The molecule has 110 valence electrons. The molecule has 1 fully saturated rings. The van der Waals surface area contributed by atoms with Gasteiger partial charge < -0.3 is 10.0 Å². The second-order valence-corrected chi connectivity index (χ2v) is 6.95. The van der Waals surface area contributed by atoms with Gasteiger partial charge >= 0.3 is 0 Å². The quantitative estimate of drug-likeness (QED) is 0.921. The summed E-state index contributed by atoms with van der Waals surface area (Å²) in [4.78, 5) is 14.6. The molecule has 5 heteroatoms. The van der Waals surface area contributed by atoms with E-state index in [-0.39, 0.29) is 5.91 Å². The lowest BCUT2D eigenvalue weighted by Gasteiger charge is -2.28. The van der Waals surface area contributed by atoms with Gasteiger partial charge in [-0.3, -0.25) is 9.00 Å². The first-order valence-electron chi connectivity index (χ1n) is 6.83.